The third kappa shape index (κ3) is 153. The van der Waals surface area contributed by atoms with Gasteiger partial charge in [0.25, 0.3) is 0 Å². The van der Waals surface area contributed by atoms with E-state index in [9.17, 15) is 45.7 Å². The zero-order chi connectivity index (χ0) is 44.1. The molecule has 0 atom stereocenters. The van der Waals surface area contributed by atoms with Crippen LogP contribution in [0.4, 0.5) is 0 Å². The molecule has 0 aliphatic rings. The second-order valence-electron chi connectivity index (χ2n) is 8.68. The van der Waals surface area contributed by atoms with E-state index in [1.807, 2.05) is 0 Å². The van der Waals surface area contributed by atoms with E-state index in [1.165, 1.54) is 0 Å². The van der Waals surface area contributed by atoms with E-state index in [0.29, 0.717) is 13.1 Å². The molecule has 25 N–H and O–H groups in total. The molecule has 0 rings (SSSR count). The van der Waals surface area contributed by atoms with Crippen molar-refractivity contribution in [2.45, 2.75) is 0 Å². The van der Waals surface area contributed by atoms with Crippen LogP contribution in [0.2, 0.25) is 0 Å². The van der Waals surface area contributed by atoms with E-state index in [-0.39, 0.29) is 207 Å². The van der Waals surface area contributed by atoms with Gasteiger partial charge in [0.2, 0.25) is 0 Å². The Morgan fingerprint density at radius 3 is 0.373 bits per heavy atom. The van der Waals surface area contributed by atoms with Gasteiger partial charge in [-0.1, -0.05) is 0 Å². The molecule has 0 saturated carbocycles. The number of nitrogens with two attached hydrogens (primary N) is 2. The van der Waals surface area contributed by atoms with E-state index >= 15 is 0 Å². The Morgan fingerprint density at radius 2 is 0.339 bits per heavy atom. The van der Waals surface area contributed by atoms with Crippen molar-refractivity contribution in [1.82, 2.24) is 5.32 Å². The fourth-order valence-corrected chi connectivity index (χ4v) is 11.1. The van der Waals surface area contributed by atoms with Gasteiger partial charge in [-0.2, -0.15) is 0 Å². The van der Waals surface area contributed by atoms with Crippen LogP contribution >= 0.6 is 76.0 Å². The van der Waals surface area contributed by atoms with Crippen molar-refractivity contribution in [1.29, 1.82) is 0 Å². The Bertz CT molecular complexity index is 1140. The van der Waals surface area contributed by atoms with Crippen LogP contribution in [0.25, 0.3) is 0 Å². The van der Waals surface area contributed by atoms with Crippen LogP contribution in [0.15, 0.2) is 0 Å². The molecule has 0 saturated heterocycles. The topological polar surface area (TPSA) is 639 Å². The van der Waals surface area contributed by atoms with E-state index in [1.54, 1.807) is 0 Å². The summed E-state index contributed by atoms with van der Waals surface area (Å²) in [6.45, 7) is 3.13. The van der Waals surface area contributed by atoms with Crippen LogP contribution in [0.3, 0.4) is 0 Å². The second kappa shape index (κ2) is 46.2. The van der Waals surface area contributed by atoms with E-state index in [4.69, 9.17) is 109 Å². The monoisotopic (exact) mass is 1150 g/mol. The molecule has 0 aromatic heterocycles. The van der Waals surface area contributed by atoms with Crippen molar-refractivity contribution < 1.29 is 144 Å². The Kier molecular flexibility index (Phi) is 78.6. The van der Waals surface area contributed by atoms with Crippen LogP contribution in [-0.4, -0.2) is 360 Å². The quantitative estimate of drug-likeness (QED) is 0.0436. The zero-order valence-corrected chi connectivity index (χ0v) is 34.5. The van der Waals surface area contributed by atoms with Gasteiger partial charge in [-0.15, -0.1) is 0 Å². The van der Waals surface area contributed by atoms with Crippen LogP contribution < -0.4 is 16.8 Å². The van der Waals surface area contributed by atoms with Gasteiger partial charge in [-0.25, -0.2) is 0 Å². The molecule has 0 fully saturated rings. The summed E-state index contributed by atoms with van der Waals surface area (Å²) in [6, 6.07) is 0. The second-order valence-corrected chi connectivity index (χ2v) is 27.6. The molecule has 0 spiro atoms. The Balaban J connectivity index is -0.0000000383. The summed E-state index contributed by atoms with van der Waals surface area (Å²) in [5.74, 6) is -6.88. The molecule has 0 aliphatic heterocycles. The maximum absolute atomic E-state index is 9.85. The summed E-state index contributed by atoms with van der Waals surface area (Å²) in [4.78, 5) is 159. The molecule has 59 heavy (non-hydrogen) atoms. The van der Waals surface area contributed by atoms with Crippen molar-refractivity contribution in [3.63, 3.8) is 0 Å². The van der Waals surface area contributed by atoms with Gasteiger partial charge in [-0.3, -0.25) is 45.7 Å². The Hall–Kier alpha value is 8.38. The molecule has 50 heteroatoms. The predicted octanol–water partition coefficient (Wildman–Crippen LogP) is -9.55. The van der Waals surface area contributed by atoms with Crippen LogP contribution in [0.1, 0.15) is 0 Å². The molecule has 0 heterocycles. The molecule has 0 aliphatic carbocycles. The molecular formula is C9H50N3Na7O30P10. The summed E-state index contributed by atoms with van der Waals surface area (Å²) in [5.41, 5.74) is 10.3. The van der Waals surface area contributed by atoms with Gasteiger partial charge in [0.1, 0.15) is 0 Å². The molecule has 0 aromatic rings. The van der Waals surface area contributed by atoms with Crippen molar-refractivity contribution in [2.75, 3.05) is 55.7 Å². The first-order valence-corrected chi connectivity index (χ1v) is 29.5. The fraction of sp³-hybridized carbons (Fsp3) is 1.00. The number of nitrogens with one attached hydrogen (secondary N) is 1. The predicted molar refractivity (Wildman–Crippen MR) is 226 cm³/mol. The SMILES string of the molecule is NCCNCCN.O=P(O)(O)CP(=O)(O)O.O=P(O)(O)CP(=O)(O)O.O=P(O)(O)CP(=O)(O)O.O=P(O)(O)CP(=O)(O)O.O=P(O)(O)CP(=O)(O)O.[NaH].[NaH].[NaH].[NaH].[NaH].[NaH].[NaH]. The van der Waals surface area contributed by atoms with E-state index in [0.717, 1.165) is 13.1 Å². The van der Waals surface area contributed by atoms with Crippen molar-refractivity contribution >= 4 is 283 Å². The van der Waals surface area contributed by atoms with Gasteiger partial charge >= 0.3 is 283 Å². The van der Waals surface area contributed by atoms with E-state index in [2.05, 4.69) is 5.32 Å². The molecule has 0 unspecified atom stereocenters. The minimum absolute atomic E-state index is 0. The zero-order valence-electron chi connectivity index (χ0n) is 25.5. The van der Waals surface area contributed by atoms with Crippen molar-refractivity contribution in [3.05, 3.63) is 0 Å². The summed E-state index contributed by atoms with van der Waals surface area (Å²) in [7, 11) is -45.5. The maximum atomic E-state index is 9.85. The normalized spacial score (nSPS) is 11.6. The molecule has 33 nitrogen and oxygen atoms in total. The van der Waals surface area contributed by atoms with Crippen LogP contribution in [0, 0.1) is 0 Å². The van der Waals surface area contributed by atoms with Crippen LogP contribution in [0.5, 0.6) is 0 Å². The average molecular weight is 1150 g/mol. The molecule has 0 amide bonds. The van der Waals surface area contributed by atoms with Gasteiger partial charge in [0, 0.05) is 26.2 Å². The first kappa shape index (κ1) is 100. The number of rotatable bonds is 14. The first-order valence-electron chi connectivity index (χ1n) is 11.5. The van der Waals surface area contributed by atoms with Crippen molar-refractivity contribution in [3.8, 4) is 0 Å². The molecule has 0 bridgehead atoms. The number of hydrogen-bond donors (Lipinski definition) is 23. The van der Waals surface area contributed by atoms with Gasteiger partial charge in [0.05, 0.1) is 0 Å². The summed E-state index contributed by atoms with van der Waals surface area (Å²) in [5, 5.41) is 3.03. The molecular weight excluding hydrogens is 1100 g/mol. The van der Waals surface area contributed by atoms with Gasteiger partial charge < -0.3 is 115 Å². The van der Waals surface area contributed by atoms with Crippen LogP contribution in [-0.2, 0) is 45.7 Å². The van der Waals surface area contributed by atoms with E-state index < -0.39 is 105 Å². The van der Waals surface area contributed by atoms with Gasteiger partial charge in [0.15, 0.2) is 29.5 Å². The average Bonchev–Trinajstić information content (AvgIpc) is 2.62. The minimum atomic E-state index is -4.55. The third-order valence-corrected chi connectivity index (χ3v) is 17.2. The standard InChI is InChI=1S/C4H13N3.5CH6O6P2.7Na.7H/c5-1-3-7-4-2-6;5*2-8(3,4)1-9(5,6)7;;;;;;;;;;;;;;/h7H,1-6H2;5*1H2,(H2,2,3,4)(H2,5,6,7);;;;;;;;;;;;;;. The fourth-order valence-electron chi connectivity index (χ4n) is 1.53. The van der Waals surface area contributed by atoms with Crippen molar-refractivity contribution in [2.24, 2.45) is 11.5 Å². The summed E-state index contributed by atoms with van der Waals surface area (Å²) in [6.07, 6.45) is 0. The summed E-state index contributed by atoms with van der Waals surface area (Å²) < 4.78 is 98.5. The molecule has 0 radical (unpaired) electrons. The molecule has 338 valence electrons. The Labute approximate surface area is 490 Å². The summed E-state index contributed by atoms with van der Waals surface area (Å²) >= 11 is 0. The number of hydrogen-bond acceptors (Lipinski definition) is 13. The Morgan fingerprint density at radius 1 is 0.254 bits per heavy atom. The molecule has 0 aromatic carbocycles. The van der Waals surface area contributed by atoms with Gasteiger partial charge in [-0.05, 0) is 0 Å². The third-order valence-electron chi connectivity index (χ3n) is 2.48. The first-order chi connectivity index (χ1) is 21.9.